The van der Waals surface area contributed by atoms with Gasteiger partial charge in [0.15, 0.2) is 0 Å². The molecule has 6 heteroatoms. The number of primary amides is 1. The summed E-state index contributed by atoms with van der Waals surface area (Å²) in [5.74, 6) is -0.572. The number of hydrogen-bond donors (Lipinski definition) is 1. The van der Waals surface area contributed by atoms with Crippen LogP contribution in [0.3, 0.4) is 0 Å². The van der Waals surface area contributed by atoms with Crippen LogP contribution in [0, 0.1) is 11.3 Å². The number of benzene rings is 3. The molecule has 0 aliphatic rings. The SMILES string of the molecule is N#Cc1ccccc1-c1ccccc1-c1ccnc(-c2cccc(C=N[As])c2)c1C(N)=O. The van der Waals surface area contributed by atoms with Gasteiger partial charge in [0.05, 0.1) is 6.07 Å². The van der Waals surface area contributed by atoms with Crippen molar-refractivity contribution in [3.8, 4) is 39.6 Å². The third-order valence-corrected chi connectivity index (χ3v) is 5.36. The molecule has 152 valence electrons. The molecular formula is C26H17AsN4O. The summed E-state index contributed by atoms with van der Waals surface area (Å²) >= 11 is 2.15. The van der Waals surface area contributed by atoms with Crippen molar-refractivity contribution in [3.63, 3.8) is 0 Å². The molecule has 1 heterocycles. The van der Waals surface area contributed by atoms with Gasteiger partial charge in [0.2, 0.25) is 0 Å². The van der Waals surface area contributed by atoms with Crippen LogP contribution in [0.4, 0.5) is 0 Å². The first-order chi connectivity index (χ1) is 15.6. The summed E-state index contributed by atoms with van der Waals surface area (Å²) in [6.07, 6.45) is 3.38. The quantitative estimate of drug-likeness (QED) is 0.338. The van der Waals surface area contributed by atoms with E-state index < -0.39 is 5.91 Å². The Bertz CT molecular complexity index is 1390. The molecule has 0 aliphatic carbocycles. The van der Waals surface area contributed by atoms with Crippen LogP contribution < -0.4 is 5.73 Å². The van der Waals surface area contributed by atoms with Crippen LogP contribution in [0.15, 0.2) is 89.0 Å². The molecule has 4 aromatic rings. The third kappa shape index (κ3) is 4.09. The van der Waals surface area contributed by atoms with Crippen molar-refractivity contribution < 1.29 is 4.79 Å². The molecule has 2 radical (unpaired) electrons. The number of nitrogens with two attached hydrogens (primary N) is 1. The van der Waals surface area contributed by atoms with Crippen LogP contribution in [-0.2, 0) is 0 Å². The normalized spacial score (nSPS) is 10.8. The van der Waals surface area contributed by atoms with E-state index in [0.29, 0.717) is 22.4 Å². The van der Waals surface area contributed by atoms with Gasteiger partial charge in [0.25, 0.3) is 0 Å². The molecule has 0 bridgehead atoms. The molecule has 0 aliphatic heterocycles. The van der Waals surface area contributed by atoms with E-state index in [9.17, 15) is 10.1 Å². The Morgan fingerprint density at radius 1 is 0.938 bits per heavy atom. The van der Waals surface area contributed by atoms with E-state index in [1.54, 1.807) is 24.5 Å². The fraction of sp³-hybridized carbons (Fsp3) is 0. The van der Waals surface area contributed by atoms with Crippen LogP contribution in [0.25, 0.3) is 33.5 Å². The van der Waals surface area contributed by atoms with Crippen molar-refractivity contribution in [1.29, 1.82) is 5.26 Å². The molecule has 0 atom stereocenters. The first-order valence-corrected chi connectivity index (χ1v) is 10.6. The summed E-state index contributed by atoms with van der Waals surface area (Å²) in [4.78, 5) is 17.2. The van der Waals surface area contributed by atoms with Gasteiger partial charge < -0.3 is 0 Å². The van der Waals surface area contributed by atoms with Gasteiger partial charge in [-0.3, -0.25) is 0 Å². The average molecular weight is 476 g/mol. The second-order valence-electron chi connectivity index (χ2n) is 7.02. The number of nitriles is 1. The summed E-state index contributed by atoms with van der Waals surface area (Å²) in [6, 6.07) is 26.7. The van der Waals surface area contributed by atoms with Crippen LogP contribution in [0.2, 0.25) is 0 Å². The molecule has 1 amide bonds. The number of carbonyl (C=O) groups excluding carboxylic acids is 1. The van der Waals surface area contributed by atoms with Gasteiger partial charge in [0, 0.05) is 0 Å². The van der Waals surface area contributed by atoms with E-state index in [1.165, 1.54) is 0 Å². The first kappa shape index (κ1) is 21.2. The Morgan fingerprint density at radius 3 is 2.31 bits per heavy atom. The topological polar surface area (TPSA) is 92.1 Å². The Labute approximate surface area is 195 Å². The number of amides is 1. The van der Waals surface area contributed by atoms with Gasteiger partial charge in [-0.25, -0.2) is 0 Å². The molecule has 0 unspecified atom stereocenters. The molecule has 4 rings (SSSR count). The van der Waals surface area contributed by atoms with Crippen LogP contribution in [0.1, 0.15) is 21.5 Å². The van der Waals surface area contributed by atoms with E-state index in [0.717, 1.165) is 27.8 Å². The van der Waals surface area contributed by atoms with Gasteiger partial charge in [-0.15, -0.1) is 0 Å². The van der Waals surface area contributed by atoms with Gasteiger partial charge in [-0.05, 0) is 6.07 Å². The zero-order valence-corrected chi connectivity index (χ0v) is 18.8. The second-order valence-corrected chi connectivity index (χ2v) is 7.50. The zero-order chi connectivity index (χ0) is 22.5. The molecule has 2 N–H and O–H groups in total. The van der Waals surface area contributed by atoms with Crippen molar-refractivity contribution in [2.45, 2.75) is 0 Å². The van der Waals surface area contributed by atoms with E-state index in [1.807, 2.05) is 66.7 Å². The standard InChI is InChI=1S/C26H17AsN4O/c27-31-16-17-6-5-8-18(14-17)25-24(26(29)32)23(12-13-30-25)22-11-4-3-10-21(22)20-9-2-1-7-19(20)15-28/h1-14,16H,(H2,29,32). The first-order valence-electron chi connectivity index (χ1n) is 9.79. The Balaban J connectivity index is 1.98. The number of carbonyl (C=O) groups is 1. The number of aromatic nitrogens is 1. The maximum atomic E-state index is 12.7. The van der Waals surface area contributed by atoms with E-state index in [4.69, 9.17) is 5.73 Å². The van der Waals surface area contributed by atoms with Crippen molar-refractivity contribution in [3.05, 3.63) is 102 Å². The Kier molecular flexibility index (Phi) is 6.26. The predicted octanol–water partition coefficient (Wildman–Crippen LogP) is 4.56. The molecule has 32 heavy (non-hydrogen) atoms. The van der Waals surface area contributed by atoms with Crippen molar-refractivity contribution in [1.82, 2.24) is 4.98 Å². The second kappa shape index (κ2) is 9.43. The predicted molar refractivity (Wildman–Crippen MR) is 127 cm³/mol. The molecule has 0 spiro atoms. The minimum absolute atomic E-state index is 0.329. The molecule has 1 aromatic heterocycles. The Morgan fingerprint density at radius 2 is 1.62 bits per heavy atom. The van der Waals surface area contributed by atoms with Gasteiger partial charge in [-0.1, -0.05) is 12.1 Å². The van der Waals surface area contributed by atoms with Crippen LogP contribution in [-0.4, -0.2) is 34.2 Å². The number of rotatable bonds is 5. The molecule has 0 fully saturated rings. The Hall–Kier alpha value is -4.00. The molecule has 0 saturated carbocycles. The molecule has 0 saturated heterocycles. The van der Waals surface area contributed by atoms with Crippen LogP contribution in [0.5, 0.6) is 0 Å². The van der Waals surface area contributed by atoms with Crippen LogP contribution >= 0.6 is 0 Å². The molecule has 5 nitrogen and oxygen atoms in total. The summed E-state index contributed by atoms with van der Waals surface area (Å²) < 4.78 is 4.00. The van der Waals surface area contributed by atoms with E-state index in [-0.39, 0.29) is 0 Å². The average Bonchev–Trinajstić information content (AvgIpc) is 2.84. The molecule has 3 aromatic carbocycles. The van der Waals surface area contributed by atoms with Crippen molar-refractivity contribution >= 4 is 29.2 Å². The number of pyridine rings is 1. The third-order valence-electron chi connectivity index (χ3n) is 5.12. The zero-order valence-electron chi connectivity index (χ0n) is 16.9. The van der Waals surface area contributed by atoms with Crippen molar-refractivity contribution in [2.24, 2.45) is 9.64 Å². The number of hydrogen-bond acceptors (Lipinski definition) is 4. The van der Waals surface area contributed by atoms with Crippen molar-refractivity contribution in [2.75, 3.05) is 0 Å². The van der Waals surface area contributed by atoms with E-state index in [2.05, 4.69) is 32.0 Å². The summed E-state index contributed by atoms with van der Waals surface area (Å²) in [5.41, 5.74) is 12.0. The fourth-order valence-electron chi connectivity index (χ4n) is 3.76. The number of nitrogens with zero attached hydrogens (tertiary/aromatic N) is 3. The van der Waals surface area contributed by atoms with E-state index >= 15 is 0 Å². The molecular weight excluding hydrogens is 459 g/mol. The fourth-order valence-corrected chi connectivity index (χ4v) is 4.04. The maximum absolute atomic E-state index is 12.7. The summed E-state index contributed by atoms with van der Waals surface area (Å²) in [6.45, 7) is 0. The van der Waals surface area contributed by atoms with Gasteiger partial charge in [0.1, 0.15) is 0 Å². The minimum atomic E-state index is -0.572. The van der Waals surface area contributed by atoms with Gasteiger partial charge in [-0.2, -0.15) is 5.26 Å². The van der Waals surface area contributed by atoms with Gasteiger partial charge >= 0.3 is 166 Å². The monoisotopic (exact) mass is 476 g/mol. The summed E-state index contributed by atoms with van der Waals surface area (Å²) in [5, 5.41) is 9.60. The summed E-state index contributed by atoms with van der Waals surface area (Å²) in [7, 11) is 0.